The second-order valence-electron chi connectivity index (χ2n) is 6.82. The minimum atomic E-state index is -1.11. The standard InChI is InChI=1S/C22H21N5O2/c1-29-22(28)17(15-23)20-21(25-19-10-6-5-9-18(19)24-20)27-13-11-26(12-14-27)16-7-3-2-4-8-16/h2-10,17H,11-14H2,1H3. The average Bonchev–Trinajstić information content (AvgIpc) is 2.79. The zero-order chi connectivity index (χ0) is 20.2. The van der Waals surface area contributed by atoms with Crippen LogP contribution >= 0.6 is 0 Å². The van der Waals surface area contributed by atoms with Crippen molar-refractivity contribution in [2.45, 2.75) is 5.92 Å². The van der Waals surface area contributed by atoms with E-state index in [2.05, 4.69) is 26.9 Å². The molecule has 0 spiro atoms. The molecule has 0 bridgehead atoms. The highest BCUT2D eigenvalue weighted by atomic mass is 16.5. The minimum Gasteiger partial charge on any atom is -0.468 e. The summed E-state index contributed by atoms with van der Waals surface area (Å²) in [6.45, 7) is 3.06. The van der Waals surface area contributed by atoms with Gasteiger partial charge in [0.1, 0.15) is 5.69 Å². The smallest absolute Gasteiger partial charge is 0.329 e. The van der Waals surface area contributed by atoms with Gasteiger partial charge in [-0.1, -0.05) is 30.3 Å². The van der Waals surface area contributed by atoms with E-state index in [1.54, 1.807) is 0 Å². The monoisotopic (exact) mass is 387 g/mol. The first kappa shape index (κ1) is 18.7. The first-order valence-corrected chi connectivity index (χ1v) is 9.50. The molecule has 1 saturated heterocycles. The Kier molecular flexibility index (Phi) is 5.25. The number of aromatic nitrogens is 2. The van der Waals surface area contributed by atoms with E-state index in [-0.39, 0.29) is 0 Å². The lowest BCUT2D eigenvalue weighted by molar-refractivity contribution is -0.141. The van der Waals surface area contributed by atoms with Crippen LogP contribution in [-0.4, -0.2) is 49.2 Å². The quantitative estimate of drug-likeness (QED) is 0.637. The van der Waals surface area contributed by atoms with Crippen LogP contribution in [0.4, 0.5) is 11.5 Å². The second kappa shape index (κ2) is 8.15. The molecule has 29 heavy (non-hydrogen) atoms. The Balaban J connectivity index is 1.68. The van der Waals surface area contributed by atoms with Gasteiger partial charge in [-0.15, -0.1) is 0 Å². The van der Waals surface area contributed by atoms with E-state index >= 15 is 0 Å². The zero-order valence-corrected chi connectivity index (χ0v) is 16.2. The summed E-state index contributed by atoms with van der Waals surface area (Å²) in [5.74, 6) is -1.16. The molecule has 7 nitrogen and oxygen atoms in total. The fraction of sp³-hybridized carbons (Fsp3) is 0.273. The van der Waals surface area contributed by atoms with Crippen molar-refractivity contribution in [3.63, 3.8) is 0 Å². The van der Waals surface area contributed by atoms with Crippen molar-refractivity contribution in [3.8, 4) is 6.07 Å². The van der Waals surface area contributed by atoms with Crippen molar-refractivity contribution in [2.24, 2.45) is 0 Å². The van der Waals surface area contributed by atoms with E-state index in [4.69, 9.17) is 9.72 Å². The van der Waals surface area contributed by atoms with Crippen molar-refractivity contribution in [2.75, 3.05) is 43.1 Å². The van der Waals surface area contributed by atoms with Gasteiger partial charge in [0.25, 0.3) is 0 Å². The summed E-state index contributed by atoms with van der Waals surface area (Å²) < 4.78 is 4.83. The summed E-state index contributed by atoms with van der Waals surface area (Å²) in [5.41, 5.74) is 2.92. The molecule has 3 aromatic rings. The van der Waals surface area contributed by atoms with Crippen LogP contribution < -0.4 is 9.80 Å². The van der Waals surface area contributed by atoms with Gasteiger partial charge < -0.3 is 14.5 Å². The van der Waals surface area contributed by atoms with E-state index in [1.165, 1.54) is 12.8 Å². The van der Waals surface area contributed by atoms with E-state index in [0.29, 0.717) is 30.1 Å². The Bertz CT molecular complexity index is 1060. The van der Waals surface area contributed by atoms with E-state index < -0.39 is 11.9 Å². The lowest BCUT2D eigenvalue weighted by atomic mass is 10.1. The molecule has 0 radical (unpaired) electrons. The minimum absolute atomic E-state index is 0.353. The van der Waals surface area contributed by atoms with Crippen LogP contribution in [0.1, 0.15) is 11.6 Å². The molecular weight excluding hydrogens is 366 g/mol. The van der Waals surface area contributed by atoms with Crippen molar-refractivity contribution in [1.29, 1.82) is 5.26 Å². The molecule has 2 heterocycles. The lowest BCUT2D eigenvalue weighted by Crippen LogP contribution is -2.47. The number of ether oxygens (including phenoxy) is 1. The van der Waals surface area contributed by atoms with Crippen molar-refractivity contribution in [1.82, 2.24) is 9.97 Å². The third kappa shape index (κ3) is 3.69. The molecule has 1 aromatic heterocycles. The third-order valence-corrected chi connectivity index (χ3v) is 5.12. The van der Waals surface area contributed by atoms with Gasteiger partial charge in [-0.2, -0.15) is 5.26 Å². The number of piperazine rings is 1. The molecule has 4 rings (SSSR count). The summed E-state index contributed by atoms with van der Waals surface area (Å²) in [6.07, 6.45) is 0. The van der Waals surface area contributed by atoms with Gasteiger partial charge in [0, 0.05) is 31.9 Å². The maximum atomic E-state index is 12.2. The van der Waals surface area contributed by atoms with E-state index in [1.807, 2.05) is 48.5 Å². The Labute approximate surface area is 169 Å². The van der Waals surface area contributed by atoms with Crippen LogP contribution in [0, 0.1) is 11.3 Å². The number of methoxy groups -OCH3 is 1. The summed E-state index contributed by atoms with van der Waals surface area (Å²) in [4.78, 5) is 26.0. The van der Waals surface area contributed by atoms with Gasteiger partial charge in [0.15, 0.2) is 11.7 Å². The van der Waals surface area contributed by atoms with Crippen LogP contribution in [0.5, 0.6) is 0 Å². The molecular formula is C22H21N5O2. The molecule has 1 atom stereocenters. The van der Waals surface area contributed by atoms with Gasteiger partial charge in [0.05, 0.1) is 24.2 Å². The summed E-state index contributed by atoms with van der Waals surface area (Å²) in [6, 6.07) is 19.8. The summed E-state index contributed by atoms with van der Waals surface area (Å²) in [5, 5.41) is 9.62. The molecule has 1 unspecified atom stereocenters. The molecule has 0 saturated carbocycles. The number of rotatable bonds is 4. The number of nitrogens with zero attached hydrogens (tertiary/aromatic N) is 5. The number of fused-ring (bicyclic) bond motifs is 1. The zero-order valence-electron chi connectivity index (χ0n) is 16.2. The number of benzene rings is 2. The first-order chi connectivity index (χ1) is 14.2. The number of hydrogen-bond donors (Lipinski definition) is 0. The normalized spacial score (nSPS) is 15.0. The molecule has 1 aliphatic rings. The van der Waals surface area contributed by atoms with Crippen LogP contribution in [0.2, 0.25) is 0 Å². The Morgan fingerprint density at radius 1 is 0.966 bits per heavy atom. The summed E-state index contributed by atoms with van der Waals surface area (Å²) in [7, 11) is 1.28. The molecule has 0 amide bonds. The largest absolute Gasteiger partial charge is 0.468 e. The number of hydrogen-bond acceptors (Lipinski definition) is 7. The fourth-order valence-electron chi connectivity index (χ4n) is 3.59. The van der Waals surface area contributed by atoms with E-state index in [0.717, 1.165) is 18.6 Å². The lowest BCUT2D eigenvalue weighted by Gasteiger charge is -2.37. The predicted molar refractivity (Wildman–Crippen MR) is 111 cm³/mol. The van der Waals surface area contributed by atoms with Gasteiger partial charge in [-0.3, -0.25) is 4.79 Å². The molecule has 146 valence electrons. The molecule has 1 fully saturated rings. The van der Waals surface area contributed by atoms with Gasteiger partial charge in [0.2, 0.25) is 0 Å². The van der Waals surface area contributed by atoms with Gasteiger partial charge >= 0.3 is 5.97 Å². The molecule has 2 aromatic carbocycles. The van der Waals surface area contributed by atoms with Crippen LogP contribution in [0.3, 0.4) is 0 Å². The van der Waals surface area contributed by atoms with E-state index in [9.17, 15) is 10.1 Å². The highest BCUT2D eigenvalue weighted by Gasteiger charge is 2.30. The summed E-state index contributed by atoms with van der Waals surface area (Å²) >= 11 is 0. The molecule has 0 N–H and O–H groups in total. The highest BCUT2D eigenvalue weighted by Crippen LogP contribution is 2.29. The Hall–Kier alpha value is -3.66. The topological polar surface area (TPSA) is 82.3 Å². The number of carbonyl (C=O) groups excluding carboxylic acids is 1. The van der Waals surface area contributed by atoms with Crippen molar-refractivity contribution in [3.05, 3.63) is 60.3 Å². The Morgan fingerprint density at radius 2 is 1.55 bits per heavy atom. The number of nitriles is 1. The number of esters is 1. The predicted octanol–water partition coefficient (Wildman–Crippen LogP) is 2.74. The van der Waals surface area contributed by atoms with Crippen LogP contribution in [0.15, 0.2) is 54.6 Å². The second-order valence-corrected chi connectivity index (χ2v) is 6.82. The number of carbonyl (C=O) groups is 1. The Morgan fingerprint density at radius 3 is 2.17 bits per heavy atom. The van der Waals surface area contributed by atoms with Crippen molar-refractivity contribution >= 4 is 28.5 Å². The van der Waals surface area contributed by atoms with Crippen LogP contribution in [0.25, 0.3) is 11.0 Å². The molecule has 7 heteroatoms. The maximum Gasteiger partial charge on any atom is 0.329 e. The average molecular weight is 387 g/mol. The first-order valence-electron chi connectivity index (χ1n) is 9.50. The van der Waals surface area contributed by atoms with Gasteiger partial charge in [-0.25, -0.2) is 9.97 Å². The number of para-hydroxylation sites is 3. The third-order valence-electron chi connectivity index (χ3n) is 5.12. The molecule has 0 aliphatic carbocycles. The van der Waals surface area contributed by atoms with Gasteiger partial charge in [-0.05, 0) is 24.3 Å². The fourth-order valence-corrected chi connectivity index (χ4v) is 3.59. The maximum absolute atomic E-state index is 12.2. The van der Waals surface area contributed by atoms with Crippen LogP contribution in [-0.2, 0) is 9.53 Å². The molecule has 1 aliphatic heterocycles. The SMILES string of the molecule is COC(=O)C(C#N)c1nc2ccccc2nc1N1CCN(c2ccccc2)CC1. The highest BCUT2D eigenvalue weighted by molar-refractivity contribution is 5.85. The van der Waals surface area contributed by atoms with Crippen molar-refractivity contribution < 1.29 is 9.53 Å². The number of anilines is 2.